The summed E-state index contributed by atoms with van der Waals surface area (Å²) in [6.07, 6.45) is 8.78. The number of aliphatic hydroxyl groups is 3. The fourth-order valence-corrected chi connectivity index (χ4v) is 9.16. The van der Waals surface area contributed by atoms with Gasteiger partial charge in [0.05, 0.1) is 18.0 Å². The van der Waals surface area contributed by atoms with Gasteiger partial charge in [-0.3, -0.25) is 4.79 Å². The van der Waals surface area contributed by atoms with E-state index in [0.29, 0.717) is 11.6 Å². The number of halogens is 1. The Morgan fingerprint density at radius 3 is 2.83 bits per heavy atom. The van der Waals surface area contributed by atoms with Crippen LogP contribution in [-0.4, -0.2) is 54.2 Å². The minimum atomic E-state index is -1.61. The van der Waals surface area contributed by atoms with Gasteiger partial charge in [0.25, 0.3) is 0 Å². The van der Waals surface area contributed by atoms with Crippen molar-refractivity contribution in [2.45, 2.75) is 64.6 Å². The first kappa shape index (κ1) is 24.3. The molecule has 3 saturated carbocycles. The van der Waals surface area contributed by atoms with Crippen LogP contribution in [-0.2, 0) is 11.2 Å². The number of ketones is 1. The second kappa shape index (κ2) is 7.97. The molecule has 8 atom stereocenters. The van der Waals surface area contributed by atoms with Crippen molar-refractivity contribution in [3.8, 4) is 5.69 Å². The minimum Gasteiger partial charge on any atom is -0.393 e. The fourth-order valence-electron chi connectivity index (χ4n) is 8.96. The van der Waals surface area contributed by atoms with Crippen LogP contribution in [0.3, 0.4) is 0 Å². The fraction of sp³-hybridized carbons (Fsp3) is 0.607. The number of carbonyl (C=O) groups excluding carboxylic acids is 1. The quantitative estimate of drug-likeness (QED) is 0.543. The summed E-state index contributed by atoms with van der Waals surface area (Å²) in [6, 6.07) is 3.76. The molecule has 3 N–H and O–H groups in total. The highest BCUT2D eigenvalue weighted by Crippen LogP contribution is 2.68. The highest BCUT2D eigenvalue weighted by molar-refractivity contribution is 6.31. The summed E-state index contributed by atoms with van der Waals surface area (Å²) in [4.78, 5) is 17.0. The molecular weight excluding hydrogens is 478 g/mol. The minimum absolute atomic E-state index is 0.0211. The Balaban J connectivity index is 1.39. The number of fused-ring (bicyclic) bond motifs is 6. The maximum absolute atomic E-state index is 12.8. The summed E-state index contributed by atoms with van der Waals surface area (Å²) in [5, 5.41) is 38.1. The standard InChI is InChI=1S/C28H34ClN3O4/c1-15-9-19-18-7-6-17-10-21-16(13-31-32(21)20-5-4-8-30-25(20)29)11-26(17,2)24(18)22(34)12-27(19,3)28(15,36)23(35)14-33/h4-5,8,10,13,15,18-19,22,24,33-34,36H,6-7,9,11-12,14H2,1-3H3/t15-,18+,19+,22+,24-,26+,27+,28+/m1/s1. The molecule has 2 aromatic rings. The van der Waals surface area contributed by atoms with Crippen LogP contribution in [0.1, 0.15) is 57.7 Å². The summed E-state index contributed by atoms with van der Waals surface area (Å²) in [5.41, 5.74) is 1.58. The SMILES string of the molecule is C[C@@H]1C[C@H]2[C@@H]3CCC4=Cc5c(cnn5-c5cccnc5Cl)C[C@]4(C)[C@H]3[C@@H](O)C[C@]2(C)[C@@]1(O)C(=O)CO. The van der Waals surface area contributed by atoms with Crippen LogP contribution in [0.15, 0.2) is 30.1 Å². The maximum atomic E-state index is 12.8. The molecule has 0 radical (unpaired) electrons. The molecule has 2 heterocycles. The highest BCUT2D eigenvalue weighted by atomic mass is 35.5. The van der Waals surface area contributed by atoms with Gasteiger partial charge < -0.3 is 15.3 Å². The van der Waals surface area contributed by atoms with E-state index in [0.717, 1.165) is 42.6 Å². The second-order valence-electron chi connectivity index (χ2n) is 12.1. The van der Waals surface area contributed by atoms with E-state index in [-0.39, 0.29) is 29.1 Å². The van der Waals surface area contributed by atoms with Gasteiger partial charge in [-0.25, -0.2) is 9.67 Å². The molecule has 0 aromatic carbocycles. The van der Waals surface area contributed by atoms with Crippen LogP contribution in [0.4, 0.5) is 0 Å². The molecule has 0 amide bonds. The zero-order valence-electron chi connectivity index (χ0n) is 21.0. The monoisotopic (exact) mass is 511 g/mol. The van der Waals surface area contributed by atoms with Crippen molar-refractivity contribution in [2.24, 2.45) is 34.5 Å². The molecule has 7 nitrogen and oxygen atoms in total. The first-order valence-corrected chi connectivity index (χ1v) is 13.4. The van der Waals surface area contributed by atoms with E-state index in [9.17, 15) is 20.1 Å². The Morgan fingerprint density at radius 2 is 2.11 bits per heavy atom. The largest absolute Gasteiger partial charge is 0.393 e. The summed E-state index contributed by atoms with van der Waals surface area (Å²) in [5.74, 6) is -0.459. The van der Waals surface area contributed by atoms with Crippen LogP contribution >= 0.6 is 11.6 Å². The van der Waals surface area contributed by atoms with Crippen molar-refractivity contribution in [3.63, 3.8) is 0 Å². The smallest absolute Gasteiger partial charge is 0.190 e. The second-order valence-corrected chi connectivity index (χ2v) is 12.4. The Hall–Kier alpha value is -2.06. The van der Waals surface area contributed by atoms with Gasteiger partial charge in [0, 0.05) is 11.6 Å². The molecule has 0 bridgehead atoms. The van der Waals surface area contributed by atoms with Gasteiger partial charge in [-0.2, -0.15) is 5.10 Å². The first-order valence-electron chi connectivity index (χ1n) is 13.0. The Labute approximate surface area is 216 Å². The Morgan fingerprint density at radius 1 is 1.33 bits per heavy atom. The topological polar surface area (TPSA) is 108 Å². The molecule has 4 aliphatic rings. The average molecular weight is 512 g/mol. The molecule has 0 spiro atoms. The number of aliphatic hydroxyl groups excluding tert-OH is 2. The zero-order chi connectivity index (χ0) is 25.6. The third-order valence-corrected chi connectivity index (χ3v) is 10.8. The van der Waals surface area contributed by atoms with E-state index in [1.807, 2.05) is 36.9 Å². The predicted molar refractivity (Wildman–Crippen MR) is 135 cm³/mol. The Kier molecular flexibility index (Phi) is 5.38. The molecule has 6 rings (SSSR count). The van der Waals surface area contributed by atoms with Crippen molar-refractivity contribution in [3.05, 3.63) is 46.5 Å². The van der Waals surface area contributed by atoms with E-state index < -0.39 is 29.5 Å². The normalized spacial score (nSPS) is 41.1. The molecule has 8 heteroatoms. The number of pyridine rings is 1. The lowest BCUT2D eigenvalue weighted by Gasteiger charge is -2.60. The van der Waals surface area contributed by atoms with Crippen LogP contribution in [0.25, 0.3) is 11.8 Å². The highest BCUT2D eigenvalue weighted by Gasteiger charge is 2.70. The molecule has 0 saturated heterocycles. The van der Waals surface area contributed by atoms with Crippen molar-refractivity contribution in [2.75, 3.05) is 6.61 Å². The van der Waals surface area contributed by atoms with E-state index in [1.165, 1.54) is 5.57 Å². The Bertz CT molecular complexity index is 1280. The lowest BCUT2D eigenvalue weighted by molar-refractivity contribution is -0.186. The van der Waals surface area contributed by atoms with Gasteiger partial charge in [0.1, 0.15) is 17.9 Å². The number of nitrogens with zero attached hydrogens (tertiary/aromatic N) is 3. The van der Waals surface area contributed by atoms with Crippen molar-refractivity contribution in [1.82, 2.24) is 14.8 Å². The lowest BCUT2D eigenvalue weighted by atomic mass is 9.45. The van der Waals surface area contributed by atoms with Crippen molar-refractivity contribution < 1.29 is 20.1 Å². The van der Waals surface area contributed by atoms with Gasteiger partial charge >= 0.3 is 0 Å². The van der Waals surface area contributed by atoms with Gasteiger partial charge in [-0.05, 0) is 85.0 Å². The molecule has 2 aromatic heterocycles. The molecule has 36 heavy (non-hydrogen) atoms. The van der Waals surface area contributed by atoms with Crippen LogP contribution in [0.2, 0.25) is 5.15 Å². The number of hydrogen-bond acceptors (Lipinski definition) is 6. The molecule has 192 valence electrons. The maximum Gasteiger partial charge on any atom is 0.190 e. The predicted octanol–water partition coefficient (Wildman–Crippen LogP) is 3.61. The number of Topliss-reactive ketones (excluding diaryl/α,β-unsaturated/α-hetero) is 1. The number of rotatable bonds is 3. The van der Waals surface area contributed by atoms with Crippen LogP contribution in [0.5, 0.6) is 0 Å². The number of carbonyl (C=O) groups is 1. The number of aromatic nitrogens is 3. The summed E-state index contributed by atoms with van der Waals surface area (Å²) >= 11 is 6.38. The molecule has 0 aliphatic heterocycles. The molecule has 0 unspecified atom stereocenters. The van der Waals surface area contributed by atoms with Crippen molar-refractivity contribution >= 4 is 23.5 Å². The van der Waals surface area contributed by atoms with Crippen LogP contribution in [0, 0.1) is 34.5 Å². The summed E-state index contributed by atoms with van der Waals surface area (Å²) < 4.78 is 1.86. The summed E-state index contributed by atoms with van der Waals surface area (Å²) in [6.45, 7) is 5.47. The van der Waals surface area contributed by atoms with Crippen molar-refractivity contribution in [1.29, 1.82) is 0 Å². The molecule has 4 aliphatic carbocycles. The van der Waals surface area contributed by atoms with E-state index in [2.05, 4.69) is 23.1 Å². The third kappa shape index (κ3) is 2.94. The van der Waals surface area contributed by atoms with Gasteiger partial charge in [0.2, 0.25) is 0 Å². The first-order chi connectivity index (χ1) is 17.1. The van der Waals surface area contributed by atoms with Crippen LogP contribution < -0.4 is 0 Å². The van der Waals surface area contributed by atoms with E-state index in [4.69, 9.17) is 11.6 Å². The van der Waals surface area contributed by atoms with Gasteiger partial charge in [0.15, 0.2) is 10.9 Å². The zero-order valence-corrected chi connectivity index (χ0v) is 21.7. The van der Waals surface area contributed by atoms with E-state index in [1.54, 1.807) is 6.20 Å². The average Bonchev–Trinajstić information content (AvgIpc) is 3.33. The van der Waals surface area contributed by atoms with Gasteiger partial charge in [-0.1, -0.05) is 37.9 Å². The molecule has 3 fully saturated rings. The summed E-state index contributed by atoms with van der Waals surface area (Å²) in [7, 11) is 0. The van der Waals surface area contributed by atoms with E-state index >= 15 is 0 Å². The molecular formula is C28H34ClN3O4. The third-order valence-electron chi connectivity index (χ3n) is 10.5. The van der Waals surface area contributed by atoms with Gasteiger partial charge in [-0.15, -0.1) is 0 Å². The number of hydrogen-bond donors (Lipinski definition) is 3. The lowest BCUT2D eigenvalue weighted by Crippen LogP contribution is -2.63. The number of allylic oxidation sites excluding steroid dienone is 1.